The molecular formula is C10H14O7S. The minimum absolute atomic E-state index is 0.167. The summed E-state index contributed by atoms with van der Waals surface area (Å²) in [5, 5.41) is 25.6. The van der Waals surface area contributed by atoms with Crippen molar-refractivity contribution in [2.24, 2.45) is 0 Å². The third-order valence-corrected chi connectivity index (χ3v) is 2.35. The molecule has 0 fully saturated rings. The first kappa shape index (κ1) is 16.4. The van der Waals surface area contributed by atoms with Gasteiger partial charge in [0.25, 0.3) is 10.1 Å². The third kappa shape index (κ3) is 5.62. The van der Waals surface area contributed by atoms with Gasteiger partial charge < -0.3 is 15.3 Å². The van der Waals surface area contributed by atoms with Crippen LogP contribution in [0.4, 0.5) is 0 Å². The van der Waals surface area contributed by atoms with Gasteiger partial charge >= 0.3 is 5.97 Å². The van der Waals surface area contributed by atoms with E-state index >= 15 is 0 Å². The van der Waals surface area contributed by atoms with Gasteiger partial charge in [0.05, 0.1) is 4.90 Å². The standard InChI is InChI=1S/C7H6O6S.C3H8O/c8-6-2-1-4(14(11,12)13)3-5(6)7(9)10;1-3(2)4/h1-3,8H,(H,9,10)(H,11,12,13);3-4H,1-2H3. The molecular weight excluding hydrogens is 264 g/mol. The van der Waals surface area contributed by atoms with Crippen molar-refractivity contribution in [3.05, 3.63) is 23.8 Å². The molecule has 0 saturated carbocycles. The molecule has 0 unspecified atom stereocenters. The van der Waals surface area contributed by atoms with E-state index in [-0.39, 0.29) is 6.10 Å². The summed E-state index contributed by atoms with van der Waals surface area (Å²) in [7, 11) is -4.45. The molecule has 0 atom stereocenters. The fraction of sp³-hybridized carbons (Fsp3) is 0.300. The van der Waals surface area contributed by atoms with Crippen LogP contribution in [0.15, 0.2) is 23.1 Å². The van der Waals surface area contributed by atoms with Crippen molar-refractivity contribution in [2.75, 3.05) is 0 Å². The van der Waals surface area contributed by atoms with Gasteiger partial charge in [-0.3, -0.25) is 4.55 Å². The van der Waals surface area contributed by atoms with Gasteiger partial charge in [0, 0.05) is 6.10 Å². The summed E-state index contributed by atoms with van der Waals surface area (Å²) in [6, 6.07) is 2.46. The Morgan fingerprint density at radius 3 is 2.06 bits per heavy atom. The second-order valence-electron chi connectivity index (χ2n) is 3.55. The molecule has 0 saturated heterocycles. The lowest BCUT2D eigenvalue weighted by atomic mass is 10.2. The summed E-state index contributed by atoms with van der Waals surface area (Å²) in [5.74, 6) is -2.04. The molecule has 7 nitrogen and oxygen atoms in total. The molecule has 0 aliphatic carbocycles. The van der Waals surface area contributed by atoms with Crippen molar-refractivity contribution >= 4 is 16.1 Å². The number of benzene rings is 1. The summed E-state index contributed by atoms with van der Waals surface area (Å²) in [6.07, 6.45) is -0.167. The minimum Gasteiger partial charge on any atom is -0.507 e. The average molecular weight is 278 g/mol. The van der Waals surface area contributed by atoms with E-state index in [1.807, 2.05) is 0 Å². The second-order valence-corrected chi connectivity index (χ2v) is 4.97. The Bertz CT molecular complexity index is 516. The second kappa shape index (κ2) is 6.34. The van der Waals surface area contributed by atoms with Gasteiger partial charge in [-0.05, 0) is 32.0 Å². The smallest absolute Gasteiger partial charge is 0.339 e. The average Bonchev–Trinajstić information content (AvgIpc) is 2.14. The van der Waals surface area contributed by atoms with Gasteiger partial charge in [-0.15, -0.1) is 0 Å². The molecule has 0 aliphatic rings. The van der Waals surface area contributed by atoms with E-state index < -0.39 is 32.3 Å². The van der Waals surface area contributed by atoms with E-state index in [1.165, 1.54) is 0 Å². The van der Waals surface area contributed by atoms with Crippen LogP contribution in [0, 0.1) is 0 Å². The van der Waals surface area contributed by atoms with Crippen molar-refractivity contribution in [2.45, 2.75) is 24.8 Å². The Balaban J connectivity index is 0.000000631. The summed E-state index contributed by atoms with van der Waals surface area (Å²) in [4.78, 5) is 9.89. The lowest BCUT2D eigenvalue weighted by molar-refractivity contribution is 0.0693. The van der Waals surface area contributed by atoms with Crippen LogP contribution in [0.2, 0.25) is 0 Å². The maximum Gasteiger partial charge on any atom is 0.339 e. The molecule has 1 aromatic rings. The molecule has 102 valence electrons. The molecule has 0 bridgehead atoms. The molecule has 4 N–H and O–H groups in total. The Hall–Kier alpha value is -1.64. The van der Waals surface area contributed by atoms with Crippen molar-refractivity contribution < 1.29 is 33.1 Å². The minimum atomic E-state index is -4.45. The molecule has 1 rings (SSSR count). The van der Waals surface area contributed by atoms with E-state index in [4.69, 9.17) is 19.9 Å². The van der Waals surface area contributed by atoms with Crippen LogP contribution in [0.1, 0.15) is 24.2 Å². The zero-order valence-electron chi connectivity index (χ0n) is 9.73. The van der Waals surface area contributed by atoms with Crippen molar-refractivity contribution in [1.29, 1.82) is 0 Å². The summed E-state index contributed by atoms with van der Waals surface area (Å²) < 4.78 is 29.8. The van der Waals surface area contributed by atoms with Crippen LogP contribution in [0.3, 0.4) is 0 Å². The van der Waals surface area contributed by atoms with Crippen molar-refractivity contribution in [3.63, 3.8) is 0 Å². The number of rotatable bonds is 2. The maximum absolute atomic E-state index is 10.6. The monoisotopic (exact) mass is 278 g/mol. The molecule has 0 amide bonds. The fourth-order valence-electron chi connectivity index (χ4n) is 0.847. The highest BCUT2D eigenvalue weighted by atomic mass is 32.2. The number of aliphatic hydroxyl groups is 1. The van der Waals surface area contributed by atoms with E-state index in [0.29, 0.717) is 6.07 Å². The van der Waals surface area contributed by atoms with E-state index in [1.54, 1.807) is 13.8 Å². The Morgan fingerprint density at radius 2 is 1.72 bits per heavy atom. The predicted molar refractivity (Wildman–Crippen MR) is 62.2 cm³/mol. The summed E-state index contributed by atoms with van der Waals surface area (Å²) in [5.41, 5.74) is -0.583. The highest BCUT2D eigenvalue weighted by molar-refractivity contribution is 7.85. The van der Waals surface area contributed by atoms with Crippen LogP contribution in [0.25, 0.3) is 0 Å². The number of aromatic hydroxyl groups is 1. The zero-order chi connectivity index (χ0) is 14.5. The highest BCUT2D eigenvalue weighted by Gasteiger charge is 2.16. The Labute approximate surface area is 104 Å². The molecule has 0 heterocycles. The largest absolute Gasteiger partial charge is 0.507 e. The Kier molecular flexibility index (Phi) is 5.76. The van der Waals surface area contributed by atoms with Crippen LogP contribution in [-0.2, 0) is 10.1 Å². The zero-order valence-corrected chi connectivity index (χ0v) is 10.5. The van der Waals surface area contributed by atoms with Gasteiger partial charge in [0.1, 0.15) is 11.3 Å². The number of phenols is 1. The first-order valence-electron chi connectivity index (χ1n) is 4.77. The third-order valence-electron chi connectivity index (χ3n) is 1.50. The van der Waals surface area contributed by atoms with Crippen molar-refractivity contribution in [3.8, 4) is 5.75 Å². The number of aromatic carboxylic acids is 1. The van der Waals surface area contributed by atoms with Gasteiger partial charge in [-0.1, -0.05) is 0 Å². The van der Waals surface area contributed by atoms with Crippen LogP contribution < -0.4 is 0 Å². The fourth-order valence-corrected chi connectivity index (χ4v) is 1.35. The van der Waals surface area contributed by atoms with Gasteiger partial charge in [-0.25, -0.2) is 4.79 Å². The van der Waals surface area contributed by atoms with E-state index in [2.05, 4.69) is 0 Å². The van der Waals surface area contributed by atoms with Crippen molar-refractivity contribution in [1.82, 2.24) is 0 Å². The van der Waals surface area contributed by atoms with Gasteiger partial charge in [0.15, 0.2) is 0 Å². The first-order valence-corrected chi connectivity index (χ1v) is 6.21. The molecule has 18 heavy (non-hydrogen) atoms. The number of hydrogen-bond acceptors (Lipinski definition) is 5. The van der Waals surface area contributed by atoms with Crippen LogP contribution in [-0.4, -0.2) is 40.4 Å². The first-order chi connectivity index (χ1) is 8.05. The normalized spacial score (nSPS) is 10.7. The lowest BCUT2D eigenvalue weighted by Crippen LogP contribution is -2.02. The summed E-state index contributed by atoms with van der Waals surface area (Å²) in [6.45, 7) is 3.44. The van der Waals surface area contributed by atoms with Gasteiger partial charge in [0.2, 0.25) is 0 Å². The summed E-state index contributed by atoms with van der Waals surface area (Å²) >= 11 is 0. The molecule has 1 aromatic carbocycles. The number of carbonyl (C=O) groups is 1. The molecule has 0 aliphatic heterocycles. The Morgan fingerprint density at radius 1 is 1.28 bits per heavy atom. The SMILES string of the molecule is CC(C)O.O=C(O)c1cc(S(=O)(=O)O)ccc1O. The van der Waals surface area contributed by atoms with E-state index in [0.717, 1.165) is 12.1 Å². The number of carboxylic acids is 1. The topological polar surface area (TPSA) is 132 Å². The maximum atomic E-state index is 10.6. The number of carboxylic acid groups (broad SMARTS) is 1. The van der Waals surface area contributed by atoms with E-state index in [9.17, 15) is 13.2 Å². The molecule has 8 heteroatoms. The van der Waals surface area contributed by atoms with Crippen LogP contribution >= 0.6 is 0 Å². The molecule has 0 spiro atoms. The molecule has 0 aromatic heterocycles. The highest BCUT2D eigenvalue weighted by Crippen LogP contribution is 2.20. The van der Waals surface area contributed by atoms with Gasteiger partial charge in [-0.2, -0.15) is 8.42 Å². The quantitative estimate of drug-likeness (QED) is 0.586. The van der Waals surface area contributed by atoms with Crippen LogP contribution in [0.5, 0.6) is 5.75 Å². The predicted octanol–water partition coefficient (Wildman–Crippen LogP) is 0.724. The molecule has 0 radical (unpaired) electrons. The lowest BCUT2D eigenvalue weighted by Gasteiger charge is -2.01. The number of aliphatic hydroxyl groups excluding tert-OH is 1. The number of hydrogen-bond donors (Lipinski definition) is 4.